The molecule has 1 fully saturated rings. The van der Waals surface area contributed by atoms with E-state index in [1.807, 2.05) is 6.07 Å². The minimum atomic E-state index is 0. The average Bonchev–Trinajstić information content (AvgIpc) is 2.92. The standard InChI is InChI=1S/C16H22N2O.ClH/c1-3-15-13(9-18-8-11(2)14(17)10-18)12-6-4-5-7-16(12)19-15;/h4-7,11,14H,3,8-10,17H2,1-2H3;1H. The lowest BCUT2D eigenvalue weighted by atomic mass is 10.1. The molecule has 0 bridgehead atoms. The van der Waals surface area contributed by atoms with Gasteiger partial charge in [0.2, 0.25) is 0 Å². The van der Waals surface area contributed by atoms with Crippen LogP contribution in [0.15, 0.2) is 28.7 Å². The molecule has 0 radical (unpaired) electrons. The smallest absolute Gasteiger partial charge is 0.134 e. The summed E-state index contributed by atoms with van der Waals surface area (Å²) in [6, 6.07) is 8.63. The van der Waals surface area contributed by atoms with Crippen molar-refractivity contribution in [3.05, 3.63) is 35.6 Å². The third-order valence-corrected chi connectivity index (χ3v) is 4.23. The Labute approximate surface area is 126 Å². The first-order valence-electron chi connectivity index (χ1n) is 7.16. The van der Waals surface area contributed by atoms with Crippen LogP contribution in [0.1, 0.15) is 25.2 Å². The highest BCUT2D eigenvalue weighted by Crippen LogP contribution is 2.29. The van der Waals surface area contributed by atoms with Crippen molar-refractivity contribution in [2.45, 2.75) is 32.9 Å². The molecule has 1 aromatic carbocycles. The van der Waals surface area contributed by atoms with E-state index in [4.69, 9.17) is 10.2 Å². The highest BCUT2D eigenvalue weighted by atomic mass is 35.5. The molecule has 20 heavy (non-hydrogen) atoms. The van der Waals surface area contributed by atoms with Crippen LogP contribution in [0.5, 0.6) is 0 Å². The SMILES string of the molecule is CCc1oc2ccccc2c1CN1CC(C)C(N)C1.Cl. The molecule has 2 heterocycles. The van der Waals surface area contributed by atoms with E-state index in [1.54, 1.807) is 0 Å². The number of aryl methyl sites for hydroxylation is 1. The Morgan fingerprint density at radius 3 is 2.70 bits per heavy atom. The van der Waals surface area contributed by atoms with E-state index in [1.165, 1.54) is 10.9 Å². The highest BCUT2D eigenvalue weighted by Gasteiger charge is 2.27. The van der Waals surface area contributed by atoms with Crippen molar-refractivity contribution in [2.24, 2.45) is 11.7 Å². The second-order valence-corrected chi connectivity index (χ2v) is 5.69. The third-order valence-electron chi connectivity index (χ3n) is 4.23. The van der Waals surface area contributed by atoms with Gasteiger partial charge in [-0.3, -0.25) is 4.90 Å². The van der Waals surface area contributed by atoms with E-state index >= 15 is 0 Å². The molecule has 110 valence electrons. The molecule has 0 spiro atoms. The predicted molar refractivity (Wildman–Crippen MR) is 85.3 cm³/mol. The fraction of sp³-hybridized carbons (Fsp3) is 0.500. The van der Waals surface area contributed by atoms with E-state index in [0.29, 0.717) is 12.0 Å². The maximum atomic E-state index is 6.12. The van der Waals surface area contributed by atoms with Crippen molar-refractivity contribution in [2.75, 3.05) is 13.1 Å². The number of nitrogens with zero attached hydrogens (tertiary/aromatic N) is 1. The van der Waals surface area contributed by atoms with Gasteiger partial charge in [-0.25, -0.2) is 0 Å². The number of furan rings is 1. The zero-order valence-corrected chi connectivity index (χ0v) is 13.0. The Hall–Kier alpha value is -1.03. The van der Waals surface area contributed by atoms with Crippen LogP contribution in [0, 0.1) is 5.92 Å². The number of hydrogen-bond donors (Lipinski definition) is 1. The van der Waals surface area contributed by atoms with Crippen LogP contribution in [0.3, 0.4) is 0 Å². The number of likely N-dealkylation sites (tertiary alicyclic amines) is 1. The van der Waals surface area contributed by atoms with E-state index in [-0.39, 0.29) is 12.4 Å². The summed E-state index contributed by atoms with van der Waals surface area (Å²) in [5, 5.41) is 1.26. The molecular weight excluding hydrogens is 272 g/mol. The van der Waals surface area contributed by atoms with E-state index < -0.39 is 0 Å². The minimum absolute atomic E-state index is 0. The predicted octanol–water partition coefficient (Wildman–Crippen LogP) is 3.20. The van der Waals surface area contributed by atoms with Crippen LogP contribution in [0.25, 0.3) is 11.0 Å². The quantitative estimate of drug-likeness (QED) is 0.945. The maximum absolute atomic E-state index is 6.12. The van der Waals surface area contributed by atoms with Crippen molar-refractivity contribution < 1.29 is 4.42 Å². The molecule has 1 aromatic heterocycles. The summed E-state index contributed by atoms with van der Waals surface area (Å²) in [7, 11) is 0. The molecule has 0 saturated carbocycles. The first kappa shape index (κ1) is 15.4. The van der Waals surface area contributed by atoms with Gasteiger partial charge in [0.25, 0.3) is 0 Å². The van der Waals surface area contributed by atoms with Crippen LogP contribution in [0.2, 0.25) is 0 Å². The molecule has 1 saturated heterocycles. The average molecular weight is 295 g/mol. The summed E-state index contributed by atoms with van der Waals surface area (Å²) in [4.78, 5) is 2.45. The molecule has 0 aliphatic carbocycles. The zero-order valence-electron chi connectivity index (χ0n) is 12.1. The summed E-state index contributed by atoms with van der Waals surface area (Å²) in [5.74, 6) is 1.71. The van der Waals surface area contributed by atoms with E-state index in [9.17, 15) is 0 Å². The van der Waals surface area contributed by atoms with Gasteiger partial charge in [-0.05, 0) is 12.0 Å². The van der Waals surface area contributed by atoms with Crippen molar-refractivity contribution in [1.29, 1.82) is 0 Å². The number of para-hydroxylation sites is 1. The monoisotopic (exact) mass is 294 g/mol. The maximum Gasteiger partial charge on any atom is 0.134 e. The fourth-order valence-electron chi connectivity index (χ4n) is 3.06. The van der Waals surface area contributed by atoms with Crippen LogP contribution in [0.4, 0.5) is 0 Å². The Morgan fingerprint density at radius 2 is 2.05 bits per heavy atom. The number of halogens is 1. The minimum Gasteiger partial charge on any atom is -0.461 e. The molecule has 1 aliphatic rings. The molecule has 4 heteroatoms. The molecule has 2 aromatic rings. The van der Waals surface area contributed by atoms with Gasteiger partial charge < -0.3 is 10.2 Å². The Bertz CT molecular complexity index is 571. The number of fused-ring (bicyclic) bond motifs is 1. The first-order chi connectivity index (χ1) is 9.19. The summed E-state index contributed by atoms with van der Waals surface area (Å²) < 4.78 is 5.95. The number of benzene rings is 1. The Balaban J connectivity index is 0.00000147. The van der Waals surface area contributed by atoms with Crippen molar-refractivity contribution in [3.63, 3.8) is 0 Å². The second kappa shape index (κ2) is 6.17. The third kappa shape index (κ3) is 2.71. The lowest BCUT2D eigenvalue weighted by molar-refractivity contribution is 0.316. The largest absolute Gasteiger partial charge is 0.461 e. The Morgan fingerprint density at radius 1 is 1.30 bits per heavy atom. The van der Waals surface area contributed by atoms with Crippen LogP contribution < -0.4 is 5.73 Å². The van der Waals surface area contributed by atoms with Gasteiger partial charge in [0, 0.05) is 43.0 Å². The summed E-state index contributed by atoms with van der Waals surface area (Å²) in [5.41, 5.74) is 8.47. The molecule has 2 atom stereocenters. The molecular formula is C16H23ClN2O. The zero-order chi connectivity index (χ0) is 13.4. The van der Waals surface area contributed by atoms with Crippen molar-refractivity contribution >= 4 is 23.4 Å². The van der Waals surface area contributed by atoms with Gasteiger partial charge in [0.15, 0.2) is 0 Å². The van der Waals surface area contributed by atoms with E-state index in [2.05, 4.69) is 36.9 Å². The van der Waals surface area contributed by atoms with Crippen LogP contribution in [-0.2, 0) is 13.0 Å². The first-order valence-corrected chi connectivity index (χ1v) is 7.16. The van der Waals surface area contributed by atoms with Crippen molar-refractivity contribution in [1.82, 2.24) is 4.90 Å². The van der Waals surface area contributed by atoms with Crippen molar-refractivity contribution in [3.8, 4) is 0 Å². The lowest BCUT2D eigenvalue weighted by Crippen LogP contribution is -2.28. The summed E-state index contributed by atoms with van der Waals surface area (Å²) in [6.07, 6.45) is 0.944. The van der Waals surface area contributed by atoms with Gasteiger partial charge in [-0.2, -0.15) is 0 Å². The second-order valence-electron chi connectivity index (χ2n) is 5.69. The summed E-state index contributed by atoms with van der Waals surface area (Å²) in [6.45, 7) is 7.42. The van der Waals surface area contributed by atoms with Crippen LogP contribution in [-0.4, -0.2) is 24.0 Å². The van der Waals surface area contributed by atoms with Gasteiger partial charge in [-0.1, -0.05) is 32.0 Å². The molecule has 3 rings (SSSR count). The van der Waals surface area contributed by atoms with E-state index in [0.717, 1.165) is 37.4 Å². The van der Waals surface area contributed by atoms with Gasteiger partial charge in [0.05, 0.1) is 0 Å². The molecule has 2 unspecified atom stereocenters. The number of hydrogen-bond acceptors (Lipinski definition) is 3. The molecule has 1 aliphatic heterocycles. The number of rotatable bonds is 3. The van der Waals surface area contributed by atoms with Gasteiger partial charge in [0.1, 0.15) is 11.3 Å². The highest BCUT2D eigenvalue weighted by molar-refractivity contribution is 5.85. The molecule has 0 amide bonds. The lowest BCUT2D eigenvalue weighted by Gasteiger charge is -2.15. The van der Waals surface area contributed by atoms with Gasteiger partial charge >= 0.3 is 0 Å². The molecule has 2 N–H and O–H groups in total. The fourth-order valence-corrected chi connectivity index (χ4v) is 3.06. The Kier molecular flexibility index (Phi) is 4.74. The molecule has 3 nitrogen and oxygen atoms in total. The van der Waals surface area contributed by atoms with Gasteiger partial charge in [-0.15, -0.1) is 12.4 Å². The number of nitrogens with two attached hydrogens (primary N) is 1. The normalized spacial score (nSPS) is 23.1. The van der Waals surface area contributed by atoms with Crippen LogP contribution >= 0.6 is 12.4 Å². The summed E-state index contributed by atoms with van der Waals surface area (Å²) >= 11 is 0. The topological polar surface area (TPSA) is 42.4 Å².